The van der Waals surface area contributed by atoms with Crippen LogP contribution in [0.25, 0.3) is 15.9 Å². The van der Waals surface area contributed by atoms with E-state index in [1.165, 1.54) is 15.9 Å². The third-order valence-electron chi connectivity index (χ3n) is 4.73. The number of fused-ring (bicyclic) bond motifs is 1. The van der Waals surface area contributed by atoms with Crippen LogP contribution in [-0.4, -0.2) is 15.0 Å². The number of nitrogens with zero attached hydrogens (tertiary/aromatic N) is 2. The van der Waals surface area contributed by atoms with Crippen molar-refractivity contribution in [3.8, 4) is 5.69 Å². The van der Waals surface area contributed by atoms with E-state index in [0.717, 1.165) is 15.7 Å². The number of halogens is 1. The molecule has 2 aromatic heterocycles. The van der Waals surface area contributed by atoms with Crippen LogP contribution in [0.3, 0.4) is 0 Å². The molecular formula is C22H18ClN3O3S. The van der Waals surface area contributed by atoms with Gasteiger partial charge in [-0.25, -0.2) is 9.36 Å². The van der Waals surface area contributed by atoms with E-state index >= 15 is 0 Å². The molecule has 4 aromatic rings. The van der Waals surface area contributed by atoms with Crippen molar-refractivity contribution in [2.24, 2.45) is 0 Å². The molecule has 0 spiro atoms. The Morgan fingerprint density at radius 2 is 1.87 bits per heavy atom. The number of thiophene rings is 1. The molecule has 6 nitrogen and oxygen atoms in total. The van der Waals surface area contributed by atoms with Gasteiger partial charge in [-0.05, 0) is 42.1 Å². The maximum absolute atomic E-state index is 13.2. The van der Waals surface area contributed by atoms with Crippen molar-refractivity contribution in [2.45, 2.75) is 20.0 Å². The number of carbonyl (C=O) groups is 1. The molecule has 8 heteroatoms. The molecule has 0 bridgehead atoms. The first-order valence-corrected chi connectivity index (χ1v) is 10.5. The average Bonchev–Trinajstić information content (AvgIpc) is 3.21. The van der Waals surface area contributed by atoms with E-state index in [9.17, 15) is 14.4 Å². The van der Waals surface area contributed by atoms with Crippen LogP contribution in [-0.2, 0) is 17.9 Å². The lowest BCUT2D eigenvalue weighted by molar-refractivity contribution is -0.121. The van der Waals surface area contributed by atoms with E-state index in [4.69, 9.17) is 11.6 Å². The highest BCUT2D eigenvalue weighted by atomic mass is 35.5. The van der Waals surface area contributed by atoms with Crippen LogP contribution in [0, 0.1) is 6.92 Å². The standard InChI is InChI=1S/C22H18ClN3O3S/c1-14-5-7-15(8-6-14)12-24-19(27)13-25-18-9-10-30-20(18)21(28)26(22(25)29)17-4-2-3-16(23)11-17/h2-11H,12-13H2,1H3,(H,24,27). The van der Waals surface area contributed by atoms with E-state index in [1.54, 1.807) is 35.7 Å². The average molecular weight is 440 g/mol. The minimum absolute atomic E-state index is 0.196. The SMILES string of the molecule is Cc1ccc(CNC(=O)Cn2c(=O)n(-c3cccc(Cl)c3)c(=O)c3sccc32)cc1. The molecule has 4 rings (SSSR count). The molecule has 0 aliphatic carbocycles. The predicted octanol–water partition coefficient (Wildman–Crippen LogP) is 3.49. The Kier molecular flexibility index (Phi) is 5.57. The van der Waals surface area contributed by atoms with Gasteiger partial charge in [-0.2, -0.15) is 0 Å². The van der Waals surface area contributed by atoms with Crippen LogP contribution < -0.4 is 16.6 Å². The fourth-order valence-corrected chi connectivity index (χ4v) is 4.20. The Bertz CT molecular complexity index is 1350. The number of aryl methyl sites for hydroxylation is 1. The van der Waals surface area contributed by atoms with Crippen molar-refractivity contribution in [3.05, 3.63) is 97.0 Å². The maximum Gasteiger partial charge on any atom is 0.336 e. The first-order chi connectivity index (χ1) is 14.4. The first kappa shape index (κ1) is 20.1. The Morgan fingerprint density at radius 3 is 2.60 bits per heavy atom. The van der Waals surface area contributed by atoms with Crippen LogP contribution in [0.5, 0.6) is 0 Å². The van der Waals surface area contributed by atoms with Crippen LogP contribution >= 0.6 is 22.9 Å². The van der Waals surface area contributed by atoms with Gasteiger partial charge < -0.3 is 5.32 Å². The molecule has 0 atom stereocenters. The summed E-state index contributed by atoms with van der Waals surface area (Å²) < 4.78 is 2.78. The summed E-state index contributed by atoms with van der Waals surface area (Å²) in [4.78, 5) is 38.7. The van der Waals surface area contributed by atoms with E-state index in [0.29, 0.717) is 27.5 Å². The molecule has 1 amide bonds. The molecule has 0 aliphatic heterocycles. The number of rotatable bonds is 5. The fraction of sp³-hybridized carbons (Fsp3) is 0.136. The van der Waals surface area contributed by atoms with Crippen LogP contribution in [0.2, 0.25) is 5.02 Å². The number of amides is 1. The number of hydrogen-bond donors (Lipinski definition) is 1. The highest BCUT2D eigenvalue weighted by Crippen LogP contribution is 2.18. The second kappa shape index (κ2) is 8.30. The molecule has 2 aromatic carbocycles. The summed E-state index contributed by atoms with van der Waals surface area (Å²) >= 11 is 7.27. The summed E-state index contributed by atoms with van der Waals surface area (Å²) in [6, 6.07) is 16.0. The number of carbonyl (C=O) groups excluding carboxylic acids is 1. The zero-order valence-corrected chi connectivity index (χ0v) is 17.7. The molecule has 1 N–H and O–H groups in total. The highest BCUT2D eigenvalue weighted by Gasteiger charge is 2.17. The molecule has 2 heterocycles. The van der Waals surface area contributed by atoms with Gasteiger partial charge in [-0.15, -0.1) is 11.3 Å². The summed E-state index contributed by atoms with van der Waals surface area (Å²) in [6.07, 6.45) is 0. The topological polar surface area (TPSA) is 73.1 Å². The summed E-state index contributed by atoms with van der Waals surface area (Å²) in [5.74, 6) is -0.318. The van der Waals surface area contributed by atoms with E-state index in [2.05, 4.69) is 5.32 Å². The smallest absolute Gasteiger partial charge is 0.336 e. The highest BCUT2D eigenvalue weighted by molar-refractivity contribution is 7.17. The van der Waals surface area contributed by atoms with Crippen molar-refractivity contribution in [1.82, 2.24) is 14.5 Å². The quantitative estimate of drug-likeness (QED) is 0.517. The second-order valence-corrected chi connectivity index (χ2v) is 8.24. The van der Waals surface area contributed by atoms with E-state index in [1.807, 2.05) is 31.2 Å². The zero-order valence-electron chi connectivity index (χ0n) is 16.1. The summed E-state index contributed by atoms with van der Waals surface area (Å²) in [5, 5.41) is 4.97. The Morgan fingerprint density at radius 1 is 1.10 bits per heavy atom. The van der Waals surface area contributed by atoms with Gasteiger partial charge in [0, 0.05) is 11.6 Å². The predicted molar refractivity (Wildman–Crippen MR) is 120 cm³/mol. The van der Waals surface area contributed by atoms with Gasteiger partial charge in [0.25, 0.3) is 5.56 Å². The first-order valence-electron chi connectivity index (χ1n) is 9.25. The van der Waals surface area contributed by atoms with Gasteiger partial charge in [0.05, 0.1) is 11.2 Å². The molecule has 0 fully saturated rings. The number of nitrogens with one attached hydrogen (secondary N) is 1. The minimum Gasteiger partial charge on any atom is -0.350 e. The lowest BCUT2D eigenvalue weighted by Crippen LogP contribution is -2.41. The van der Waals surface area contributed by atoms with Crippen LogP contribution in [0.4, 0.5) is 0 Å². The van der Waals surface area contributed by atoms with E-state index in [-0.39, 0.29) is 12.5 Å². The number of hydrogen-bond acceptors (Lipinski definition) is 4. The summed E-state index contributed by atoms with van der Waals surface area (Å²) in [6.45, 7) is 2.16. The molecule has 0 unspecified atom stereocenters. The van der Waals surface area contributed by atoms with Gasteiger partial charge in [-0.1, -0.05) is 47.5 Å². The third kappa shape index (κ3) is 3.94. The second-order valence-electron chi connectivity index (χ2n) is 6.89. The maximum atomic E-state index is 13.2. The molecule has 0 aliphatic rings. The summed E-state index contributed by atoms with van der Waals surface area (Å²) in [5.41, 5.74) is 1.90. The third-order valence-corrected chi connectivity index (χ3v) is 5.86. The van der Waals surface area contributed by atoms with Gasteiger partial charge in [-0.3, -0.25) is 14.2 Å². The minimum atomic E-state index is -0.585. The largest absolute Gasteiger partial charge is 0.350 e. The molecule has 0 saturated carbocycles. The Labute approximate surface area is 181 Å². The van der Waals surface area contributed by atoms with Gasteiger partial charge >= 0.3 is 5.69 Å². The summed E-state index contributed by atoms with van der Waals surface area (Å²) in [7, 11) is 0. The van der Waals surface area contributed by atoms with E-state index < -0.39 is 11.2 Å². The lowest BCUT2D eigenvalue weighted by atomic mass is 10.1. The number of aromatic nitrogens is 2. The molecule has 0 saturated heterocycles. The molecule has 30 heavy (non-hydrogen) atoms. The van der Waals surface area contributed by atoms with Crippen LogP contribution in [0.1, 0.15) is 11.1 Å². The number of benzene rings is 2. The van der Waals surface area contributed by atoms with Gasteiger partial charge in [0.2, 0.25) is 5.91 Å². The van der Waals surface area contributed by atoms with Crippen LogP contribution in [0.15, 0.2) is 69.6 Å². The lowest BCUT2D eigenvalue weighted by Gasteiger charge is -2.13. The van der Waals surface area contributed by atoms with Crippen molar-refractivity contribution in [2.75, 3.05) is 0 Å². The van der Waals surface area contributed by atoms with Gasteiger partial charge in [0.15, 0.2) is 0 Å². The Balaban J connectivity index is 1.69. The molecule has 152 valence electrons. The van der Waals surface area contributed by atoms with Crippen molar-refractivity contribution >= 4 is 39.1 Å². The zero-order chi connectivity index (χ0) is 21.3. The Hall–Kier alpha value is -3.16. The molecule has 0 radical (unpaired) electrons. The van der Waals surface area contributed by atoms with Crippen molar-refractivity contribution in [3.63, 3.8) is 0 Å². The van der Waals surface area contributed by atoms with Crippen molar-refractivity contribution < 1.29 is 4.79 Å². The monoisotopic (exact) mass is 439 g/mol. The normalized spacial score (nSPS) is 11.0. The van der Waals surface area contributed by atoms with Crippen molar-refractivity contribution in [1.29, 1.82) is 0 Å². The fourth-order valence-electron chi connectivity index (χ4n) is 3.19. The van der Waals surface area contributed by atoms with Gasteiger partial charge in [0.1, 0.15) is 11.2 Å². The molecular weight excluding hydrogens is 422 g/mol.